The largest absolute Gasteiger partial charge is 0.494 e. The maximum Gasteiger partial charge on any atom is 0.223 e. The van der Waals surface area contributed by atoms with Gasteiger partial charge in [0.1, 0.15) is 22.7 Å². The van der Waals surface area contributed by atoms with Crippen molar-refractivity contribution < 1.29 is 9.53 Å². The molecule has 3 heterocycles. The number of thiophene rings is 1. The van der Waals surface area contributed by atoms with Gasteiger partial charge in [-0.2, -0.15) is 5.10 Å². The predicted molar refractivity (Wildman–Crippen MR) is 169 cm³/mol. The van der Waals surface area contributed by atoms with E-state index < -0.39 is 0 Å². The number of H-pyrrole nitrogens is 1. The number of carbonyl (C=O) groups excluding carboxylic acids is 1. The van der Waals surface area contributed by atoms with E-state index in [0.717, 1.165) is 71.4 Å². The van der Waals surface area contributed by atoms with E-state index in [2.05, 4.69) is 61.5 Å². The van der Waals surface area contributed by atoms with Gasteiger partial charge < -0.3 is 19.9 Å². The van der Waals surface area contributed by atoms with Gasteiger partial charge in [0.05, 0.1) is 29.9 Å². The molecule has 42 heavy (non-hydrogen) atoms. The molecule has 10 heteroatoms. The Morgan fingerprint density at radius 2 is 2.02 bits per heavy atom. The van der Waals surface area contributed by atoms with Crippen molar-refractivity contribution in [2.24, 2.45) is 5.92 Å². The number of amides is 1. The van der Waals surface area contributed by atoms with Crippen LogP contribution < -0.4 is 10.1 Å². The quantitative estimate of drug-likeness (QED) is 0.203. The van der Waals surface area contributed by atoms with Gasteiger partial charge in [-0.25, -0.2) is 9.97 Å². The number of aromatic nitrogens is 4. The summed E-state index contributed by atoms with van der Waals surface area (Å²) < 4.78 is 5.66. The van der Waals surface area contributed by atoms with Crippen LogP contribution >= 0.6 is 11.3 Å². The Morgan fingerprint density at radius 3 is 2.83 bits per heavy atom. The van der Waals surface area contributed by atoms with Gasteiger partial charge in [0, 0.05) is 35.8 Å². The first kappa shape index (κ1) is 28.1. The summed E-state index contributed by atoms with van der Waals surface area (Å²) in [6.07, 6.45) is 7.72. The topological polar surface area (TPSA) is 99.3 Å². The molecule has 9 nitrogen and oxygen atoms in total. The fraction of sp³-hybridized carbons (Fsp3) is 0.375. The average Bonchev–Trinajstić information content (AvgIpc) is 3.60. The van der Waals surface area contributed by atoms with Crippen LogP contribution in [0.25, 0.3) is 21.1 Å². The minimum atomic E-state index is 0.246. The van der Waals surface area contributed by atoms with E-state index in [-0.39, 0.29) is 5.91 Å². The zero-order valence-corrected chi connectivity index (χ0v) is 25.2. The number of aromatic amines is 1. The van der Waals surface area contributed by atoms with E-state index in [4.69, 9.17) is 4.74 Å². The van der Waals surface area contributed by atoms with Crippen LogP contribution in [0.15, 0.2) is 55.0 Å². The Kier molecular flexibility index (Phi) is 8.34. The van der Waals surface area contributed by atoms with Crippen molar-refractivity contribution in [2.75, 3.05) is 39.6 Å². The van der Waals surface area contributed by atoms with Gasteiger partial charge in [0.2, 0.25) is 5.91 Å². The summed E-state index contributed by atoms with van der Waals surface area (Å²) in [5.41, 5.74) is 4.22. The van der Waals surface area contributed by atoms with Crippen molar-refractivity contribution in [2.45, 2.75) is 38.6 Å². The van der Waals surface area contributed by atoms with Crippen LogP contribution in [-0.2, 0) is 24.2 Å². The van der Waals surface area contributed by atoms with Crippen molar-refractivity contribution >= 4 is 49.9 Å². The third kappa shape index (κ3) is 6.10. The lowest BCUT2D eigenvalue weighted by Gasteiger charge is -2.28. The highest BCUT2D eigenvalue weighted by atomic mass is 32.1. The summed E-state index contributed by atoms with van der Waals surface area (Å²) in [7, 11) is 5.82. The fourth-order valence-corrected chi connectivity index (χ4v) is 7.16. The lowest BCUT2D eigenvalue weighted by Crippen LogP contribution is -2.34. The van der Waals surface area contributed by atoms with Crippen LogP contribution in [0.3, 0.4) is 0 Å². The number of carbonyl (C=O) groups is 1. The fourth-order valence-electron chi connectivity index (χ4n) is 5.86. The number of nitrogens with one attached hydrogen (secondary N) is 2. The maximum atomic E-state index is 13.6. The molecule has 0 saturated heterocycles. The van der Waals surface area contributed by atoms with Gasteiger partial charge in [-0.1, -0.05) is 30.3 Å². The minimum absolute atomic E-state index is 0.246. The number of hydrogen-bond donors (Lipinski definition) is 2. The molecule has 1 atom stereocenters. The van der Waals surface area contributed by atoms with Crippen LogP contribution in [-0.4, -0.2) is 70.2 Å². The molecule has 0 fully saturated rings. The number of hydrogen-bond acceptors (Lipinski definition) is 8. The molecule has 2 N–H and O–H groups in total. The minimum Gasteiger partial charge on any atom is -0.494 e. The molecule has 0 aliphatic heterocycles. The number of ether oxygens (including phenoxy) is 1. The van der Waals surface area contributed by atoms with Gasteiger partial charge in [-0.3, -0.25) is 9.89 Å². The van der Waals surface area contributed by atoms with Crippen LogP contribution in [0.4, 0.5) is 11.5 Å². The summed E-state index contributed by atoms with van der Waals surface area (Å²) in [6, 6.07) is 14.3. The second kappa shape index (κ2) is 12.5. The van der Waals surface area contributed by atoms with E-state index in [0.29, 0.717) is 24.6 Å². The summed E-state index contributed by atoms with van der Waals surface area (Å²) in [5.74, 6) is 2.06. The molecule has 218 valence electrons. The lowest BCUT2D eigenvalue weighted by atomic mass is 9.85. The molecule has 2 aromatic carbocycles. The smallest absolute Gasteiger partial charge is 0.223 e. The van der Waals surface area contributed by atoms with Crippen LogP contribution in [0.5, 0.6) is 5.75 Å². The highest BCUT2D eigenvalue weighted by molar-refractivity contribution is 7.19. The van der Waals surface area contributed by atoms with E-state index in [9.17, 15) is 4.79 Å². The van der Waals surface area contributed by atoms with Gasteiger partial charge in [0.25, 0.3) is 0 Å². The molecule has 0 radical (unpaired) electrons. The molecule has 1 amide bonds. The van der Waals surface area contributed by atoms with Crippen molar-refractivity contribution in [1.29, 1.82) is 0 Å². The molecular weight excluding hydrogens is 546 g/mol. The number of nitrogens with zero attached hydrogens (tertiary/aromatic N) is 5. The highest BCUT2D eigenvalue weighted by Crippen LogP contribution is 2.42. The summed E-state index contributed by atoms with van der Waals surface area (Å²) in [5, 5.41) is 12.7. The SMILES string of the molecule is COc1cc2[nH]ncc2cc1Nc1ncnc2sc3c(c12)CCC(CC(=O)N(CCCN(C)C)Cc1ccccc1)C3. The Balaban J connectivity index is 1.19. The molecule has 0 saturated carbocycles. The monoisotopic (exact) mass is 583 g/mol. The molecule has 0 bridgehead atoms. The van der Waals surface area contributed by atoms with Gasteiger partial charge in [-0.05, 0) is 69.4 Å². The van der Waals surface area contributed by atoms with E-state index in [1.165, 1.54) is 16.0 Å². The second-order valence-electron chi connectivity index (χ2n) is 11.3. The normalized spacial score (nSPS) is 14.8. The van der Waals surface area contributed by atoms with E-state index >= 15 is 0 Å². The average molecular weight is 584 g/mol. The van der Waals surface area contributed by atoms with Crippen molar-refractivity contribution in [3.8, 4) is 5.75 Å². The molecule has 0 spiro atoms. The van der Waals surface area contributed by atoms with E-state index in [1.54, 1.807) is 31.0 Å². The number of fused-ring (bicyclic) bond motifs is 4. The number of benzene rings is 2. The van der Waals surface area contributed by atoms with Crippen molar-refractivity contribution in [3.05, 3.63) is 71.0 Å². The maximum absolute atomic E-state index is 13.6. The first-order valence-corrected chi connectivity index (χ1v) is 15.3. The van der Waals surface area contributed by atoms with Gasteiger partial charge in [-0.15, -0.1) is 11.3 Å². The molecule has 3 aromatic heterocycles. The Labute approximate surface area is 249 Å². The van der Waals surface area contributed by atoms with Crippen LogP contribution in [0, 0.1) is 5.92 Å². The Bertz CT molecular complexity index is 1680. The van der Waals surface area contributed by atoms with Gasteiger partial charge >= 0.3 is 0 Å². The first-order valence-electron chi connectivity index (χ1n) is 14.5. The van der Waals surface area contributed by atoms with Gasteiger partial charge in [0.15, 0.2) is 0 Å². The third-order valence-corrected chi connectivity index (χ3v) is 9.19. The number of aryl methyl sites for hydroxylation is 1. The zero-order chi connectivity index (χ0) is 29.1. The van der Waals surface area contributed by atoms with E-state index in [1.807, 2.05) is 30.3 Å². The summed E-state index contributed by atoms with van der Waals surface area (Å²) >= 11 is 1.73. The molecule has 1 unspecified atom stereocenters. The van der Waals surface area contributed by atoms with Crippen molar-refractivity contribution in [1.82, 2.24) is 30.0 Å². The Morgan fingerprint density at radius 1 is 1.17 bits per heavy atom. The standard InChI is InChI=1S/C32H37N7O2S/c1-38(2)12-7-13-39(19-21-8-5-4-6-9-21)29(40)15-22-10-11-24-28(14-22)42-32-30(24)31(33-20-34-32)36-26-16-23-18-35-37-25(23)17-27(26)41-3/h4-6,8-9,16-18,20,22H,7,10-15,19H2,1-3H3,(H,35,37)(H,33,34,36). The summed E-state index contributed by atoms with van der Waals surface area (Å²) in [4.78, 5) is 29.4. The second-order valence-corrected chi connectivity index (χ2v) is 12.4. The van der Waals surface area contributed by atoms with Crippen LogP contribution in [0.2, 0.25) is 0 Å². The zero-order valence-electron chi connectivity index (χ0n) is 24.4. The lowest BCUT2D eigenvalue weighted by molar-refractivity contribution is -0.133. The number of methoxy groups -OCH3 is 1. The molecule has 5 aromatic rings. The predicted octanol–water partition coefficient (Wildman–Crippen LogP) is 5.80. The first-order chi connectivity index (χ1) is 20.5. The highest BCUT2D eigenvalue weighted by Gasteiger charge is 2.28. The molecule has 1 aliphatic rings. The molecular formula is C32H37N7O2S. The summed E-state index contributed by atoms with van der Waals surface area (Å²) in [6.45, 7) is 2.39. The Hall–Kier alpha value is -4.02. The molecule has 6 rings (SSSR count). The number of anilines is 2. The molecule has 1 aliphatic carbocycles. The third-order valence-electron chi connectivity index (χ3n) is 8.03. The van der Waals surface area contributed by atoms with Crippen molar-refractivity contribution in [3.63, 3.8) is 0 Å². The van der Waals surface area contributed by atoms with Crippen LogP contribution in [0.1, 0.15) is 35.3 Å². The number of rotatable bonds is 11.